The molecule has 7 heteroatoms. The number of hydrogen-bond donors (Lipinski definition) is 2. The Labute approximate surface area is 161 Å². The van der Waals surface area contributed by atoms with Gasteiger partial charge in [0.15, 0.2) is 0 Å². The maximum atomic E-state index is 12.5. The fraction of sp³-hybridized carbons (Fsp3) is 0.0952. The summed E-state index contributed by atoms with van der Waals surface area (Å²) in [5, 5.41) is 2.37. The van der Waals surface area contributed by atoms with E-state index in [9.17, 15) is 14.4 Å². The summed E-state index contributed by atoms with van der Waals surface area (Å²) in [6.07, 6.45) is 0.856. The maximum Gasteiger partial charge on any atom is 0.407 e. The summed E-state index contributed by atoms with van der Waals surface area (Å²) in [6.45, 7) is -0.174. The van der Waals surface area contributed by atoms with Gasteiger partial charge in [0.05, 0.1) is 0 Å². The molecule has 142 valence electrons. The number of nitrogens with zero attached hydrogens (tertiary/aromatic N) is 1. The average molecular weight is 377 g/mol. The number of rotatable bonds is 7. The summed E-state index contributed by atoms with van der Waals surface area (Å²) in [5.74, 6) is -0.712. The van der Waals surface area contributed by atoms with E-state index in [1.54, 1.807) is 42.6 Å². The monoisotopic (exact) mass is 377 g/mol. The van der Waals surface area contributed by atoms with Gasteiger partial charge in [-0.1, -0.05) is 60.7 Å². The van der Waals surface area contributed by atoms with Crippen molar-refractivity contribution in [3.05, 3.63) is 95.8 Å². The van der Waals surface area contributed by atoms with Gasteiger partial charge >= 0.3 is 6.09 Å². The molecule has 0 aliphatic rings. The minimum Gasteiger partial charge on any atom is -0.445 e. The number of hydrogen-bond acceptors (Lipinski definition) is 4. The normalized spacial score (nSPS) is 10.1. The van der Waals surface area contributed by atoms with Crippen molar-refractivity contribution < 1.29 is 19.1 Å². The SMILES string of the molecule is O=C(CNC(=O)OCc1ccccc1)Nn1cccc1C(=O)c1ccccc1. The Hall–Kier alpha value is -3.87. The largest absolute Gasteiger partial charge is 0.445 e. The van der Waals surface area contributed by atoms with Gasteiger partial charge in [0.1, 0.15) is 18.8 Å². The highest BCUT2D eigenvalue weighted by atomic mass is 16.5. The molecular weight excluding hydrogens is 358 g/mol. The first kappa shape index (κ1) is 18.9. The molecule has 0 radical (unpaired) electrons. The quantitative estimate of drug-likeness (QED) is 0.620. The number of aromatic nitrogens is 1. The van der Waals surface area contributed by atoms with Crippen molar-refractivity contribution in [3.63, 3.8) is 0 Å². The molecule has 7 nitrogen and oxygen atoms in total. The zero-order valence-electron chi connectivity index (χ0n) is 15.0. The van der Waals surface area contributed by atoms with E-state index >= 15 is 0 Å². The molecule has 0 unspecified atom stereocenters. The summed E-state index contributed by atoms with van der Waals surface area (Å²) in [4.78, 5) is 36.3. The van der Waals surface area contributed by atoms with Crippen molar-refractivity contribution in [2.24, 2.45) is 0 Å². The molecule has 0 atom stereocenters. The first-order chi connectivity index (χ1) is 13.6. The molecule has 1 heterocycles. The van der Waals surface area contributed by atoms with Crippen LogP contribution in [0.15, 0.2) is 79.0 Å². The Bertz CT molecular complexity index is 952. The third-order valence-corrected chi connectivity index (χ3v) is 3.87. The van der Waals surface area contributed by atoms with Gasteiger partial charge in [-0.3, -0.25) is 19.7 Å². The van der Waals surface area contributed by atoms with E-state index in [1.165, 1.54) is 4.68 Å². The molecule has 0 spiro atoms. The fourth-order valence-electron chi connectivity index (χ4n) is 2.50. The van der Waals surface area contributed by atoms with E-state index in [-0.39, 0.29) is 18.9 Å². The van der Waals surface area contributed by atoms with E-state index in [1.807, 2.05) is 36.4 Å². The number of ketones is 1. The first-order valence-electron chi connectivity index (χ1n) is 8.65. The minimum absolute atomic E-state index is 0.113. The molecule has 3 rings (SSSR count). The van der Waals surface area contributed by atoms with Crippen LogP contribution in [0.5, 0.6) is 0 Å². The summed E-state index contributed by atoms with van der Waals surface area (Å²) in [5.41, 5.74) is 4.23. The molecule has 0 aliphatic heterocycles. The van der Waals surface area contributed by atoms with E-state index < -0.39 is 12.0 Å². The van der Waals surface area contributed by atoms with Crippen molar-refractivity contribution in [3.8, 4) is 0 Å². The molecule has 3 aromatic rings. The maximum absolute atomic E-state index is 12.5. The highest BCUT2D eigenvalue weighted by Crippen LogP contribution is 2.09. The minimum atomic E-state index is -0.702. The Morgan fingerprint density at radius 3 is 2.25 bits per heavy atom. The van der Waals surface area contributed by atoms with Crippen LogP contribution in [-0.4, -0.2) is 29.0 Å². The highest BCUT2D eigenvalue weighted by molar-refractivity contribution is 6.08. The van der Waals surface area contributed by atoms with Gasteiger partial charge in [-0.25, -0.2) is 4.79 Å². The number of carbonyl (C=O) groups is 3. The molecule has 2 aromatic carbocycles. The number of amides is 2. The third-order valence-electron chi connectivity index (χ3n) is 3.87. The Morgan fingerprint density at radius 1 is 0.857 bits per heavy atom. The smallest absolute Gasteiger partial charge is 0.407 e. The summed E-state index contributed by atoms with van der Waals surface area (Å²) >= 11 is 0. The molecule has 0 aliphatic carbocycles. The number of carbonyl (C=O) groups excluding carboxylic acids is 3. The van der Waals surface area contributed by atoms with Crippen LogP contribution < -0.4 is 10.7 Å². The van der Waals surface area contributed by atoms with Crippen molar-refractivity contribution in [1.82, 2.24) is 9.99 Å². The van der Waals surface area contributed by atoms with Gasteiger partial charge in [-0.05, 0) is 17.7 Å². The number of nitrogens with one attached hydrogen (secondary N) is 2. The predicted octanol–water partition coefficient (Wildman–Crippen LogP) is 2.72. The highest BCUT2D eigenvalue weighted by Gasteiger charge is 2.15. The van der Waals surface area contributed by atoms with Gasteiger partial charge in [0.2, 0.25) is 5.78 Å². The molecule has 0 fully saturated rings. The number of ether oxygens (including phenoxy) is 1. The topological polar surface area (TPSA) is 89.4 Å². The van der Waals surface area contributed by atoms with Crippen molar-refractivity contribution >= 4 is 17.8 Å². The Morgan fingerprint density at radius 2 is 1.54 bits per heavy atom. The lowest BCUT2D eigenvalue weighted by Gasteiger charge is -2.11. The molecule has 0 bridgehead atoms. The van der Waals surface area contributed by atoms with E-state index in [0.29, 0.717) is 11.3 Å². The predicted molar refractivity (Wildman–Crippen MR) is 103 cm³/mol. The summed E-state index contributed by atoms with van der Waals surface area (Å²) in [6, 6.07) is 21.2. The fourth-order valence-corrected chi connectivity index (χ4v) is 2.50. The molecule has 2 N–H and O–H groups in total. The van der Waals surface area contributed by atoms with Gasteiger partial charge in [0.25, 0.3) is 5.91 Å². The second-order valence-electron chi connectivity index (χ2n) is 5.91. The van der Waals surface area contributed by atoms with Crippen LogP contribution >= 0.6 is 0 Å². The van der Waals surface area contributed by atoms with Crippen molar-refractivity contribution in [2.45, 2.75) is 6.61 Å². The first-order valence-corrected chi connectivity index (χ1v) is 8.65. The van der Waals surface area contributed by atoms with E-state index in [4.69, 9.17) is 4.74 Å². The summed E-state index contributed by atoms with van der Waals surface area (Å²) in [7, 11) is 0. The van der Waals surface area contributed by atoms with Crippen LogP contribution in [0.1, 0.15) is 21.6 Å². The molecule has 2 amide bonds. The standard InChI is InChI=1S/C21H19N3O4/c25-19(14-22-21(27)28-15-16-8-3-1-4-9-16)23-24-13-7-12-18(24)20(26)17-10-5-2-6-11-17/h1-13H,14-15H2,(H,22,27)(H,23,25). The van der Waals surface area contributed by atoms with E-state index in [0.717, 1.165) is 5.56 Å². The lowest BCUT2D eigenvalue weighted by atomic mass is 10.1. The van der Waals surface area contributed by atoms with Gasteiger partial charge < -0.3 is 10.1 Å². The second-order valence-corrected chi connectivity index (χ2v) is 5.91. The van der Waals surface area contributed by atoms with Gasteiger partial charge in [0, 0.05) is 11.8 Å². The molecule has 28 heavy (non-hydrogen) atoms. The van der Waals surface area contributed by atoms with Gasteiger partial charge in [-0.15, -0.1) is 0 Å². The van der Waals surface area contributed by atoms with Crippen molar-refractivity contribution in [1.29, 1.82) is 0 Å². The zero-order chi connectivity index (χ0) is 19.8. The second kappa shape index (κ2) is 9.18. The third kappa shape index (κ3) is 5.07. The lowest BCUT2D eigenvalue weighted by molar-refractivity contribution is -0.116. The lowest BCUT2D eigenvalue weighted by Crippen LogP contribution is -2.36. The average Bonchev–Trinajstić information content (AvgIpc) is 3.19. The van der Waals surface area contributed by atoms with Crippen LogP contribution in [0.25, 0.3) is 0 Å². The molecular formula is C21H19N3O4. The Balaban J connectivity index is 1.50. The van der Waals surface area contributed by atoms with Gasteiger partial charge in [-0.2, -0.15) is 0 Å². The Kier molecular flexibility index (Phi) is 6.20. The van der Waals surface area contributed by atoms with Crippen LogP contribution in [0.3, 0.4) is 0 Å². The number of alkyl carbamates (subject to hydrolysis) is 1. The molecule has 1 aromatic heterocycles. The van der Waals surface area contributed by atoms with E-state index in [2.05, 4.69) is 10.7 Å². The summed E-state index contributed by atoms with van der Waals surface area (Å²) < 4.78 is 6.37. The molecule has 0 saturated carbocycles. The molecule has 0 saturated heterocycles. The van der Waals surface area contributed by atoms with Crippen molar-refractivity contribution in [2.75, 3.05) is 12.0 Å². The zero-order valence-corrected chi connectivity index (χ0v) is 15.0. The van der Waals surface area contributed by atoms with Crippen LogP contribution in [-0.2, 0) is 16.1 Å². The number of benzene rings is 2. The van der Waals surface area contributed by atoms with Crippen LogP contribution in [0, 0.1) is 0 Å². The van der Waals surface area contributed by atoms with Crippen LogP contribution in [0.2, 0.25) is 0 Å². The van der Waals surface area contributed by atoms with Crippen LogP contribution in [0.4, 0.5) is 4.79 Å².